The van der Waals surface area contributed by atoms with Crippen molar-refractivity contribution in [3.63, 3.8) is 0 Å². The van der Waals surface area contributed by atoms with Crippen molar-refractivity contribution in [2.24, 2.45) is 23.7 Å². The highest BCUT2D eigenvalue weighted by molar-refractivity contribution is 5.97. The van der Waals surface area contributed by atoms with E-state index in [4.69, 9.17) is 0 Å². The van der Waals surface area contributed by atoms with Crippen LogP contribution in [0.3, 0.4) is 0 Å². The van der Waals surface area contributed by atoms with E-state index in [1.807, 2.05) is 0 Å². The van der Waals surface area contributed by atoms with Crippen LogP contribution in [0, 0.1) is 23.7 Å². The van der Waals surface area contributed by atoms with E-state index in [0.717, 1.165) is 23.7 Å². The molecule has 246 valence electrons. The maximum absolute atomic E-state index is 2.62. The number of benzene rings is 7. The monoisotopic (exact) mass is 655 g/mol. The fourth-order valence-corrected chi connectivity index (χ4v) is 11.5. The highest BCUT2D eigenvalue weighted by Crippen LogP contribution is 2.69. The fourth-order valence-electron chi connectivity index (χ4n) is 11.5. The first-order valence-corrected chi connectivity index (χ1v) is 19.0. The lowest BCUT2D eigenvalue weighted by molar-refractivity contribution is -0.0399. The molecule has 1 heteroatoms. The lowest BCUT2D eigenvalue weighted by Gasteiger charge is -2.61. The molecule has 4 fully saturated rings. The molecule has 0 heterocycles. The van der Waals surface area contributed by atoms with Crippen LogP contribution in [0.5, 0.6) is 0 Å². The van der Waals surface area contributed by atoms with Gasteiger partial charge in [-0.15, -0.1) is 0 Å². The molecule has 51 heavy (non-hydrogen) atoms. The van der Waals surface area contributed by atoms with Gasteiger partial charge in [0.05, 0.1) is 5.69 Å². The van der Waals surface area contributed by atoms with Crippen molar-refractivity contribution >= 4 is 27.8 Å². The van der Waals surface area contributed by atoms with E-state index in [0.29, 0.717) is 0 Å². The Morgan fingerprint density at radius 2 is 1.00 bits per heavy atom. The molecular weight excluding hydrogens is 615 g/mol. The average molecular weight is 656 g/mol. The smallest absolute Gasteiger partial charge is 0.0540 e. The Labute approximate surface area is 301 Å². The third-order valence-corrected chi connectivity index (χ3v) is 13.3. The van der Waals surface area contributed by atoms with Gasteiger partial charge >= 0.3 is 0 Å². The van der Waals surface area contributed by atoms with Gasteiger partial charge in [-0.2, -0.15) is 0 Å². The van der Waals surface area contributed by atoms with Crippen molar-refractivity contribution < 1.29 is 0 Å². The molecule has 4 bridgehead atoms. The molecule has 0 atom stereocenters. The molecule has 0 unspecified atom stereocenters. The Hall–Kier alpha value is -5.40. The summed E-state index contributed by atoms with van der Waals surface area (Å²) in [6.45, 7) is 0. The minimum absolute atomic E-state index is 0.123. The van der Waals surface area contributed by atoms with E-state index >= 15 is 0 Å². The molecule has 1 spiro atoms. The van der Waals surface area contributed by atoms with Gasteiger partial charge in [0.2, 0.25) is 0 Å². The summed E-state index contributed by atoms with van der Waals surface area (Å²) >= 11 is 0. The second-order valence-electron chi connectivity index (χ2n) is 15.7. The van der Waals surface area contributed by atoms with E-state index in [1.165, 1.54) is 93.3 Å². The highest BCUT2D eigenvalue weighted by Gasteiger charge is 2.61. The van der Waals surface area contributed by atoms with Crippen LogP contribution in [0.25, 0.3) is 44.2 Å². The van der Waals surface area contributed by atoms with Gasteiger partial charge in [-0.25, -0.2) is 0 Å². The first kappa shape index (κ1) is 29.3. The quantitative estimate of drug-likeness (QED) is 0.178. The lowest BCUT2D eigenvalue weighted by atomic mass is 9.43. The summed E-state index contributed by atoms with van der Waals surface area (Å²) in [5.41, 5.74) is 14.9. The molecule has 0 N–H and O–H groups in total. The lowest BCUT2D eigenvalue weighted by Crippen LogP contribution is -2.55. The Bertz CT molecular complexity index is 2400. The maximum atomic E-state index is 2.62. The summed E-state index contributed by atoms with van der Waals surface area (Å²) in [5, 5.41) is 2.56. The molecule has 5 aliphatic carbocycles. The normalized spacial score (nSPS) is 23.8. The van der Waals surface area contributed by atoms with Crippen LogP contribution in [0.15, 0.2) is 164 Å². The second-order valence-corrected chi connectivity index (χ2v) is 15.7. The number of fused-ring (bicyclic) bond motifs is 4. The van der Waals surface area contributed by atoms with E-state index < -0.39 is 0 Å². The van der Waals surface area contributed by atoms with Crippen LogP contribution in [-0.4, -0.2) is 0 Å². The van der Waals surface area contributed by atoms with E-state index in [-0.39, 0.29) is 5.41 Å². The van der Waals surface area contributed by atoms with Crippen molar-refractivity contribution in [3.8, 4) is 33.4 Å². The third kappa shape index (κ3) is 4.34. The summed E-state index contributed by atoms with van der Waals surface area (Å²) in [7, 11) is 0. The molecule has 4 saturated carbocycles. The molecule has 7 aromatic rings. The second kappa shape index (κ2) is 11.3. The molecule has 0 aliphatic heterocycles. The Morgan fingerprint density at radius 1 is 0.412 bits per heavy atom. The number of nitrogens with zero attached hydrogens (tertiary/aromatic N) is 1. The molecule has 0 radical (unpaired) electrons. The van der Waals surface area contributed by atoms with Crippen LogP contribution < -0.4 is 4.90 Å². The first-order chi connectivity index (χ1) is 25.3. The molecule has 0 aromatic heterocycles. The van der Waals surface area contributed by atoms with Crippen molar-refractivity contribution in [1.82, 2.24) is 0 Å². The number of hydrogen-bond donors (Lipinski definition) is 0. The first-order valence-electron chi connectivity index (χ1n) is 19.0. The Balaban J connectivity index is 1.11. The third-order valence-electron chi connectivity index (χ3n) is 13.3. The van der Waals surface area contributed by atoms with Gasteiger partial charge in [-0.3, -0.25) is 0 Å². The average Bonchev–Trinajstić information content (AvgIpc) is 3.47. The number of anilines is 3. The van der Waals surface area contributed by atoms with Gasteiger partial charge in [-0.1, -0.05) is 133 Å². The van der Waals surface area contributed by atoms with Gasteiger partial charge in [0.15, 0.2) is 0 Å². The standard InChI is InChI=1S/C50H41N/c1-2-11-36(12-3-1)44-16-7-9-20-49(44)51(40-23-21-37(22-24-40)43-18-10-14-35-13-4-5-15-42(35)43)41-25-26-46-45-17-6-8-19-47(45)50(48(46)32-41)38-28-33-27-34(30-38)31-39(50)29-33/h1-26,32-34,38-39H,27-31H2. The molecule has 5 aliphatic rings. The van der Waals surface area contributed by atoms with Gasteiger partial charge in [0, 0.05) is 22.4 Å². The summed E-state index contributed by atoms with van der Waals surface area (Å²) in [6, 6.07) is 61.4. The van der Waals surface area contributed by atoms with Crippen LogP contribution in [0.1, 0.15) is 43.2 Å². The molecular formula is C50H41N. The molecule has 1 nitrogen and oxygen atoms in total. The minimum atomic E-state index is 0.123. The largest absolute Gasteiger partial charge is 0.310 e. The predicted molar refractivity (Wildman–Crippen MR) is 213 cm³/mol. The predicted octanol–water partition coefficient (Wildman–Crippen LogP) is 13.4. The summed E-state index contributed by atoms with van der Waals surface area (Å²) in [4.78, 5) is 2.53. The zero-order valence-electron chi connectivity index (χ0n) is 28.9. The zero-order chi connectivity index (χ0) is 33.5. The summed E-state index contributed by atoms with van der Waals surface area (Å²) in [6.07, 6.45) is 7.03. The maximum Gasteiger partial charge on any atom is 0.0540 e. The number of rotatable bonds is 5. The van der Waals surface area contributed by atoms with Gasteiger partial charge in [0.25, 0.3) is 0 Å². The molecule has 7 aromatic carbocycles. The number of para-hydroxylation sites is 1. The zero-order valence-corrected chi connectivity index (χ0v) is 28.9. The van der Waals surface area contributed by atoms with Gasteiger partial charge < -0.3 is 4.90 Å². The topological polar surface area (TPSA) is 3.24 Å². The van der Waals surface area contributed by atoms with Crippen molar-refractivity contribution in [2.75, 3.05) is 4.90 Å². The van der Waals surface area contributed by atoms with Gasteiger partial charge in [0.1, 0.15) is 0 Å². The van der Waals surface area contributed by atoms with E-state index in [9.17, 15) is 0 Å². The van der Waals surface area contributed by atoms with Crippen molar-refractivity contribution in [1.29, 1.82) is 0 Å². The van der Waals surface area contributed by atoms with Crippen molar-refractivity contribution in [3.05, 3.63) is 175 Å². The summed E-state index contributed by atoms with van der Waals surface area (Å²) in [5.74, 6) is 3.31. The highest BCUT2D eigenvalue weighted by atomic mass is 15.1. The summed E-state index contributed by atoms with van der Waals surface area (Å²) < 4.78 is 0. The molecule has 12 rings (SSSR count). The van der Waals surface area contributed by atoms with Crippen LogP contribution in [-0.2, 0) is 5.41 Å². The Morgan fingerprint density at radius 3 is 1.80 bits per heavy atom. The molecule has 0 amide bonds. The Kier molecular flexibility index (Phi) is 6.50. The van der Waals surface area contributed by atoms with E-state index in [2.05, 4.69) is 169 Å². The SMILES string of the molecule is c1ccc(-c2ccccc2N(c2ccc(-c3cccc4ccccc34)cc2)c2ccc3c(c2)C2(c4ccccc4-3)C3CC4CC(C3)CC2C4)cc1. The van der Waals surface area contributed by atoms with Crippen molar-refractivity contribution in [2.45, 2.75) is 37.5 Å². The van der Waals surface area contributed by atoms with E-state index in [1.54, 1.807) is 11.1 Å². The van der Waals surface area contributed by atoms with Gasteiger partial charge in [-0.05, 0) is 136 Å². The number of hydrogen-bond acceptors (Lipinski definition) is 1. The van der Waals surface area contributed by atoms with Crippen LogP contribution in [0.2, 0.25) is 0 Å². The molecule has 0 saturated heterocycles. The fraction of sp³-hybridized carbons (Fsp3) is 0.200. The minimum Gasteiger partial charge on any atom is -0.310 e. The van der Waals surface area contributed by atoms with Crippen LogP contribution in [0.4, 0.5) is 17.1 Å². The van der Waals surface area contributed by atoms with Crippen LogP contribution >= 0.6 is 0 Å².